The molecule has 0 aromatic heterocycles. The van der Waals surface area contributed by atoms with Crippen molar-refractivity contribution >= 4 is 17.7 Å². The summed E-state index contributed by atoms with van der Waals surface area (Å²) < 4.78 is 0. The topological polar surface area (TPSA) is 95.6 Å². The molecule has 1 aromatic rings. The largest absolute Gasteiger partial charge is 0.394 e. The lowest BCUT2D eigenvalue weighted by Gasteiger charge is -2.32. The van der Waals surface area contributed by atoms with Crippen molar-refractivity contribution in [3.8, 4) is 0 Å². The number of aliphatic hydroxyl groups excluding tert-OH is 2. The number of hydrogen-bond acceptors (Lipinski definition) is 5. The van der Waals surface area contributed by atoms with Crippen molar-refractivity contribution in [2.45, 2.75) is 18.6 Å². The van der Waals surface area contributed by atoms with Crippen LogP contribution in [0.25, 0.3) is 0 Å². The number of nitrogens with one attached hydrogen (secondary N) is 1. The van der Waals surface area contributed by atoms with E-state index in [-0.39, 0.29) is 6.61 Å². The Morgan fingerprint density at radius 2 is 2.10 bits per heavy atom. The maximum absolute atomic E-state index is 12.0. The predicted octanol–water partition coefficient (Wildman–Crippen LogP) is 0.0631. The summed E-state index contributed by atoms with van der Waals surface area (Å²) in [4.78, 5) is 12.0. The number of carbonyl (C=O) groups excluding carboxylic acids is 1. The van der Waals surface area contributed by atoms with Gasteiger partial charge in [0.05, 0.1) is 12.7 Å². The number of hydrogen-bond donors (Lipinski definition) is 4. The second kappa shape index (κ2) is 8.26. The Kier molecular flexibility index (Phi) is 7.01. The molecule has 20 heavy (non-hydrogen) atoms. The van der Waals surface area contributed by atoms with Crippen LogP contribution in [0.2, 0.25) is 0 Å². The first kappa shape index (κ1) is 17.0. The van der Waals surface area contributed by atoms with E-state index < -0.39 is 17.6 Å². The van der Waals surface area contributed by atoms with Crippen LogP contribution < -0.4 is 11.1 Å². The van der Waals surface area contributed by atoms with Gasteiger partial charge < -0.3 is 15.9 Å². The monoisotopic (exact) mass is 298 g/mol. The van der Waals surface area contributed by atoms with Crippen LogP contribution in [0.1, 0.15) is 12.5 Å². The number of nitrogens with two attached hydrogens (primary N) is 1. The first-order chi connectivity index (χ1) is 9.56. The van der Waals surface area contributed by atoms with Crippen LogP contribution in [0.15, 0.2) is 30.3 Å². The highest BCUT2D eigenvalue weighted by Gasteiger charge is 2.37. The van der Waals surface area contributed by atoms with Crippen molar-refractivity contribution in [3.05, 3.63) is 35.9 Å². The normalized spacial score (nSPS) is 15.6. The molecular formula is C14H22N2O3S. The fraction of sp³-hybridized carbons (Fsp3) is 0.500. The third-order valence-corrected chi connectivity index (χ3v) is 4.26. The molecule has 0 aliphatic rings. The molecule has 0 aliphatic carbocycles. The van der Waals surface area contributed by atoms with Gasteiger partial charge in [-0.25, -0.2) is 0 Å². The maximum atomic E-state index is 12.0. The molecular weight excluding hydrogens is 276 g/mol. The Labute approximate surface area is 123 Å². The SMILES string of the molecule is CCNC(CSCC(O)CO)(C(N)=O)c1ccccc1. The standard InChI is InChI=1S/C14H22N2O3S/c1-2-16-14(13(15)19,10-20-9-12(18)8-17)11-6-4-3-5-7-11/h3-7,12,16-18H,2,8-10H2,1H3,(H2,15,19). The molecule has 0 saturated heterocycles. The molecule has 1 aromatic carbocycles. The van der Waals surface area contributed by atoms with E-state index in [0.29, 0.717) is 18.1 Å². The second-order valence-corrected chi connectivity index (χ2v) is 5.55. The average Bonchev–Trinajstić information content (AvgIpc) is 2.46. The Morgan fingerprint density at radius 3 is 2.60 bits per heavy atom. The van der Waals surface area contributed by atoms with Crippen molar-refractivity contribution in [1.82, 2.24) is 5.32 Å². The quantitative estimate of drug-likeness (QED) is 0.517. The number of primary amides is 1. The number of likely N-dealkylation sites (N-methyl/N-ethyl adjacent to an activating group) is 1. The van der Waals surface area contributed by atoms with Crippen LogP contribution >= 0.6 is 11.8 Å². The highest BCUT2D eigenvalue weighted by Crippen LogP contribution is 2.26. The van der Waals surface area contributed by atoms with Crippen molar-refractivity contribution < 1.29 is 15.0 Å². The lowest BCUT2D eigenvalue weighted by Crippen LogP contribution is -2.54. The van der Waals surface area contributed by atoms with Crippen LogP contribution in [-0.2, 0) is 10.3 Å². The summed E-state index contributed by atoms with van der Waals surface area (Å²) in [7, 11) is 0. The number of aliphatic hydroxyl groups is 2. The molecule has 0 spiro atoms. The lowest BCUT2D eigenvalue weighted by molar-refractivity contribution is -0.123. The van der Waals surface area contributed by atoms with Gasteiger partial charge in [-0.05, 0) is 12.1 Å². The Morgan fingerprint density at radius 1 is 1.45 bits per heavy atom. The first-order valence-corrected chi connectivity index (χ1v) is 7.69. The van der Waals surface area contributed by atoms with Gasteiger partial charge in [-0.3, -0.25) is 10.1 Å². The number of thioether (sulfide) groups is 1. The number of benzene rings is 1. The third-order valence-electron chi connectivity index (χ3n) is 3.01. The van der Waals surface area contributed by atoms with E-state index in [1.165, 1.54) is 11.8 Å². The minimum Gasteiger partial charge on any atom is -0.394 e. The van der Waals surface area contributed by atoms with Gasteiger partial charge in [0.1, 0.15) is 5.54 Å². The highest BCUT2D eigenvalue weighted by atomic mass is 32.2. The minimum atomic E-state index is -0.962. The molecule has 6 heteroatoms. The molecule has 2 unspecified atom stereocenters. The van der Waals surface area contributed by atoms with E-state index in [2.05, 4.69) is 5.32 Å². The van der Waals surface area contributed by atoms with Crippen molar-refractivity contribution in [3.63, 3.8) is 0 Å². The Balaban J connectivity index is 2.92. The zero-order valence-corrected chi connectivity index (χ0v) is 12.4. The predicted molar refractivity (Wildman–Crippen MR) is 81.4 cm³/mol. The smallest absolute Gasteiger partial charge is 0.243 e. The van der Waals surface area contributed by atoms with Gasteiger partial charge in [0, 0.05) is 11.5 Å². The first-order valence-electron chi connectivity index (χ1n) is 6.54. The van der Waals surface area contributed by atoms with Crippen molar-refractivity contribution in [1.29, 1.82) is 0 Å². The van der Waals surface area contributed by atoms with Gasteiger partial charge in [0.2, 0.25) is 5.91 Å². The van der Waals surface area contributed by atoms with Crippen LogP contribution in [0.3, 0.4) is 0 Å². The molecule has 0 heterocycles. The van der Waals surface area contributed by atoms with E-state index in [4.69, 9.17) is 10.8 Å². The molecule has 0 saturated carbocycles. The summed E-state index contributed by atoms with van der Waals surface area (Å²) in [5.41, 5.74) is 5.46. The molecule has 112 valence electrons. The van der Waals surface area contributed by atoms with Crippen LogP contribution in [0.4, 0.5) is 0 Å². The summed E-state index contributed by atoms with van der Waals surface area (Å²) in [5, 5.41) is 21.4. The lowest BCUT2D eigenvalue weighted by atomic mass is 9.91. The molecule has 0 radical (unpaired) electrons. The van der Waals surface area contributed by atoms with Crippen LogP contribution in [-0.4, -0.2) is 46.9 Å². The van der Waals surface area contributed by atoms with Gasteiger partial charge in [0.15, 0.2) is 0 Å². The molecule has 0 bridgehead atoms. The summed E-state index contributed by atoms with van der Waals surface area (Å²) in [6.07, 6.45) is -0.789. The fourth-order valence-corrected chi connectivity index (χ4v) is 3.17. The molecule has 0 aliphatic heterocycles. The van der Waals surface area contributed by atoms with Crippen molar-refractivity contribution in [2.24, 2.45) is 5.73 Å². The zero-order valence-electron chi connectivity index (χ0n) is 11.6. The van der Waals surface area contributed by atoms with E-state index >= 15 is 0 Å². The van der Waals surface area contributed by atoms with Crippen LogP contribution in [0, 0.1) is 0 Å². The van der Waals surface area contributed by atoms with Gasteiger partial charge in [-0.2, -0.15) is 11.8 Å². The molecule has 1 amide bonds. The van der Waals surface area contributed by atoms with Gasteiger partial charge in [-0.1, -0.05) is 37.3 Å². The number of carbonyl (C=O) groups is 1. The molecule has 1 rings (SSSR count). The average molecular weight is 298 g/mol. The highest BCUT2D eigenvalue weighted by molar-refractivity contribution is 7.99. The second-order valence-electron chi connectivity index (χ2n) is 4.52. The summed E-state index contributed by atoms with van der Waals surface area (Å²) in [6, 6.07) is 9.31. The van der Waals surface area contributed by atoms with Crippen LogP contribution in [0.5, 0.6) is 0 Å². The molecule has 2 atom stereocenters. The van der Waals surface area contributed by atoms with E-state index in [9.17, 15) is 9.90 Å². The van der Waals surface area contributed by atoms with Crippen molar-refractivity contribution in [2.75, 3.05) is 24.7 Å². The van der Waals surface area contributed by atoms with E-state index in [1.807, 2.05) is 37.3 Å². The van der Waals surface area contributed by atoms with Gasteiger partial charge >= 0.3 is 0 Å². The zero-order chi connectivity index (χ0) is 15.0. The van der Waals surface area contributed by atoms with E-state index in [0.717, 1.165) is 5.56 Å². The number of amides is 1. The van der Waals surface area contributed by atoms with E-state index in [1.54, 1.807) is 0 Å². The molecule has 5 N–H and O–H groups in total. The molecule has 0 fully saturated rings. The Bertz CT molecular complexity index is 416. The maximum Gasteiger partial charge on any atom is 0.243 e. The summed E-state index contributed by atoms with van der Waals surface area (Å²) in [6.45, 7) is 2.22. The van der Waals surface area contributed by atoms with Gasteiger partial charge in [-0.15, -0.1) is 0 Å². The summed E-state index contributed by atoms with van der Waals surface area (Å²) in [5.74, 6) is 0.303. The summed E-state index contributed by atoms with van der Waals surface area (Å²) >= 11 is 1.38. The molecule has 5 nitrogen and oxygen atoms in total. The van der Waals surface area contributed by atoms with Gasteiger partial charge in [0.25, 0.3) is 0 Å². The Hall–Kier alpha value is -1.08. The number of rotatable bonds is 9. The third kappa shape index (κ3) is 4.21. The fourth-order valence-electron chi connectivity index (χ4n) is 1.96. The minimum absolute atomic E-state index is 0.289.